The van der Waals surface area contributed by atoms with Gasteiger partial charge in [0.1, 0.15) is 11.6 Å². The van der Waals surface area contributed by atoms with Gasteiger partial charge < -0.3 is 25.2 Å². The fourth-order valence-corrected chi connectivity index (χ4v) is 4.38. The van der Waals surface area contributed by atoms with Crippen LogP contribution in [-0.2, 0) is 13.0 Å². The molecule has 0 aliphatic carbocycles. The standard InChI is InChI=1S/C22H27N5O2/c28-22(25-19-8-14-29-20-4-2-1-3-17(19)20)27-11-7-18-16(15-27)5-6-21(24-18)26-12-9-23-10-13-26/h1-6,19,23H,7-15H2,(H,25,28)/t19-/m0/s1. The van der Waals surface area contributed by atoms with E-state index >= 15 is 0 Å². The summed E-state index contributed by atoms with van der Waals surface area (Å²) in [5.41, 5.74) is 3.34. The summed E-state index contributed by atoms with van der Waals surface area (Å²) in [6, 6.07) is 12.2. The van der Waals surface area contributed by atoms with Crippen LogP contribution in [0.3, 0.4) is 0 Å². The number of nitrogens with one attached hydrogen (secondary N) is 2. The molecule has 2 N–H and O–H groups in total. The van der Waals surface area contributed by atoms with Crippen LogP contribution in [0.15, 0.2) is 36.4 Å². The van der Waals surface area contributed by atoms with Crippen molar-refractivity contribution >= 4 is 11.8 Å². The van der Waals surface area contributed by atoms with Gasteiger partial charge in [-0.25, -0.2) is 9.78 Å². The first-order valence-electron chi connectivity index (χ1n) is 10.5. The lowest BCUT2D eigenvalue weighted by atomic mass is 10.0. The van der Waals surface area contributed by atoms with Gasteiger partial charge in [-0.15, -0.1) is 0 Å². The summed E-state index contributed by atoms with van der Waals surface area (Å²) in [6.07, 6.45) is 1.59. The number of benzene rings is 1. The van der Waals surface area contributed by atoms with E-state index in [0.29, 0.717) is 19.7 Å². The molecule has 7 nitrogen and oxygen atoms in total. The number of hydrogen-bond donors (Lipinski definition) is 2. The van der Waals surface area contributed by atoms with Crippen molar-refractivity contribution in [2.45, 2.75) is 25.4 Å². The molecule has 1 saturated heterocycles. The van der Waals surface area contributed by atoms with Crippen molar-refractivity contribution in [2.75, 3.05) is 44.2 Å². The van der Waals surface area contributed by atoms with Gasteiger partial charge in [-0.05, 0) is 17.7 Å². The number of aromatic nitrogens is 1. The smallest absolute Gasteiger partial charge is 0.318 e. The van der Waals surface area contributed by atoms with Gasteiger partial charge in [0.25, 0.3) is 0 Å². The van der Waals surface area contributed by atoms with Crippen LogP contribution >= 0.6 is 0 Å². The molecule has 152 valence electrons. The normalized spacial score (nSPS) is 21.0. The van der Waals surface area contributed by atoms with E-state index in [1.165, 1.54) is 0 Å². The molecular weight excluding hydrogens is 366 g/mol. The molecular formula is C22H27N5O2. The third kappa shape index (κ3) is 3.74. The molecule has 3 aliphatic rings. The molecule has 5 rings (SSSR count). The fraction of sp³-hybridized carbons (Fsp3) is 0.455. The summed E-state index contributed by atoms with van der Waals surface area (Å²) in [7, 11) is 0. The van der Waals surface area contributed by atoms with E-state index in [0.717, 1.165) is 67.4 Å². The fourth-order valence-electron chi connectivity index (χ4n) is 4.38. The number of urea groups is 1. The van der Waals surface area contributed by atoms with Crippen LogP contribution < -0.4 is 20.3 Å². The molecule has 29 heavy (non-hydrogen) atoms. The lowest BCUT2D eigenvalue weighted by Crippen LogP contribution is -2.45. The molecule has 2 amide bonds. The number of piperazine rings is 1. The van der Waals surface area contributed by atoms with E-state index in [4.69, 9.17) is 9.72 Å². The van der Waals surface area contributed by atoms with E-state index in [-0.39, 0.29) is 12.1 Å². The highest BCUT2D eigenvalue weighted by atomic mass is 16.5. The lowest BCUT2D eigenvalue weighted by molar-refractivity contribution is 0.181. The Balaban J connectivity index is 1.26. The molecule has 1 fully saturated rings. The summed E-state index contributed by atoms with van der Waals surface area (Å²) in [5, 5.41) is 6.59. The number of carbonyl (C=O) groups excluding carboxylic acids is 1. The maximum atomic E-state index is 12.9. The van der Waals surface area contributed by atoms with Crippen molar-refractivity contribution in [2.24, 2.45) is 0 Å². The van der Waals surface area contributed by atoms with Crippen LogP contribution in [0.1, 0.15) is 29.3 Å². The predicted octanol–water partition coefficient (Wildman–Crippen LogP) is 2.08. The van der Waals surface area contributed by atoms with E-state index in [1.54, 1.807) is 0 Å². The van der Waals surface area contributed by atoms with Crippen LogP contribution in [0.2, 0.25) is 0 Å². The Morgan fingerprint density at radius 3 is 2.90 bits per heavy atom. The first kappa shape index (κ1) is 18.2. The Kier molecular flexibility index (Phi) is 4.97. The number of rotatable bonds is 2. The molecule has 2 aromatic rings. The topological polar surface area (TPSA) is 69.7 Å². The molecule has 0 bridgehead atoms. The number of anilines is 1. The maximum absolute atomic E-state index is 12.9. The minimum absolute atomic E-state index is 0.00191. The number of nitrogens with zero attached hydrogens (tertiary/aromatic N) is 3. The Morgan fingerprint density at radius 1 is 1.14 bits per heavy atom. The van der Waals surface area contributed by atoms with Gasteiger partial charge in [0, 0.05) is 63.4 Å². The number of fused-ring (bicyclic) bond motifs is 2. The number of hydrogen-bond acceptors (Lipinski definition) is 5. The van der Waals surface area contributed by atoms with Gasteiger partial charge in [-0.2, -0.15) is 0 Å². The number of amides is 2. The number of para-hydroxylation sites is 1. The van der Waals surface area contributed by atoms with Crippen LogP contribution in [0.25, 0.3) is 0 Å². The molecule has 3 aliphatic heterocycles. The minimum atomic E-state index is -0.0106. The third-order valence-corrected chi connectivity index (χ3v) is 6.02. The second-order valence-electron chi connectivity index (χ2n) is 7.86. The zero-order valence-corrected chi connectivity index (χ0v) is 16.6. The Bertz CT molecular complexity index is 897. The summed E-state index contributed by atoms with van der Waals surface area (Å²) in [6.45, 7) is 5.93. The van der Waals surface area contributed by atoms with Crippen molar-refractivity contribution < 1.29 is 9.53 Å². The molecule has 4 heterocycles. The van der Waals surface area contributed by atoms with Gasteiger partial charge in [0.15, 0.2) is 0 Å². The Labute approximate surface area is 171 Å². The van der Waals surface area contributed by atoms with Crippen LogP contribution in [0, 0.1) is 0 Å². The van der Waals surface area contributed by atoms with Gasteiger partial charge in [-0.3, -0.25) is 0 Å². The first-order valence-corrected chi connectivity index (χ1v) is 10.5. The monoisotopic (exact) mass is 393 g/mol. The van der Waals surface area contributed by atoms with Crippen LogP contribution in [0.4, 0.5) is 10.6 Å². The lowest BCUT2D eigenvalue weighted by Gasteiger charge is -2.33. The Morgan fingerprint density at radius 2 is 2.00 bits per heavy atom. The van der Waals surface area contributed by atoms with E-state index in [2.05, 4.69) is 27.7 Å². The summed E-state index contributed by atoms with van der Waals surface area (Å²) >= 11 is 0. The number of pyridine rings is 1. The van der Waals surface area contributed by atoms with Crippen molar-refractivity contribution in [1.29, 1.82) is 0 Å². The highest BCUT2D eigenvalue weighted by Gasteiger charge is 2.27. The molecule has 7 heteroatoms. The Hall–Kier alpha value is -2.80. The number of carbonyl (C=O) groups is 1. The second-order valence-corrected chi connectivity index (χ2v) is 7.86. The van der Waals surface area contributed by atoms with Crippen LogP contribution in [0.5, 0.6) is 5.75 Å². The van der Waals surface area contributed by atoms with Gasteiger partial charge in [-0.1, -0.05) is 24.3 Å². The molecule has 1 aromatic carbocycles. The van der Waals surface area contributed by atoms with E-state index in [1.807, 2.05) is 29.2 Å². The SMILES string of the molecule is O=C(N[C@H]1CCOc2ccccc21)N1CCc2nc(N3CCNCC3)ccc2C1. The zero-order valence-electron chi connectivity index (χ0n) is 16.6. The van der Waals surface area contributed by atoms with Crippen molar-refractivity contribution in [3.8, 4) is 5.75 Å². The first-order chi connectivity index (χ1) is 14.3. The molecule has 0 spiro atoms. The molecule has 0 unspecified atom stereocenters. The maximum Gasteiger partial charge on any atom is 0.318 e. The predicted molar refractivity (Wildman–Crippen MR) is 111 cm³/mol. The third-order valence-electron chi connectivity index (χ3n) is 6.02. The molecule has 1 aromatic heterocycles. The average Bonchev–Trinajstić information content (AvgIpc) is 2.79. The van der Waals surface area contributed by atoms with Crippen molar-refractivity contribution in [1.82, 2.24) is 20.5 Å². The second kappa shape index (κ2) is 7.91. The van der Waals surface area contributed by atoms with Gasteiger partial charge in [0.05, 0.1) is 12.6 Å². The van der Waals surface area contributed by atoms with Crippen molar-refractivity contribution in [3.63, 3.8) is 0 Å². The van der Waals surface area contributed by atoms with E-state index in [9.17, 15) is 4.79 Å². The quantitative estimate of drug-likeness (QED) is 0.818. The van der Waals surface area contributed by atoms with Crippen molar-refractivity contribution in [3.05, 3.63) is 53.2 Å². The molecule has 0 radical (unpaired) electrons. The zero-order chi connectivity index (χ0) is 19.6. The largest absolute Gasteiger partial charge is 0.493 e. The summed E-state index contributed by atoms with van der Waals surface area (Å²) in [4.78, 5) is 22.1. The minimum Gasteiger partial charge on any atom is -0.493 e. The van der Waals surface area contributed by atoms with Gasteiger partial charge in [0.2, 0.25) is 0 Å². The van der Waals surface area contributed by atoms with Crippen LogP contribution in [-0.4, -0.2) is 55.2 Å². The highest BCUT2D eigenvalue weighted by Crippen LogP contribution is 2.32. The van der Waals surface area contributed by atoms with Gasteiger partial charge >= 0.3 is 6.03 Å². The number of ether oxygens (including phenoxy) is 1. The molecule has 0 saturated carbocycles. The van der Waals surface area contributed by atoms with E-state index < -0.39 is 0 Å². The molecule has 1 atom stereocenters. The average molecular weight is 393 g/mol. The summed E-state index contributed by atoms with van der Waals surface area (Å²) < 4.78 is 5.71. The highest BCUT2D eigenvalue weighted by molar-refractivity contribution is 5.75. The summed E-state index contributed by atoms with van der Waals surface area (Å²) in [5.74, 6) is 1.93.